The highest BCUT2D eigenvalue weighted by Gasteiger charge is 2.29. The van der Waals surface area contributed by atoms with Gasteiger partial charge in [0.2, 0.25) is 0 Å². The van der Waals surface area contributed by atoms with E-state index in [-0.39, 0.29) is 11.5 Å². The lowest BCUT2D eigenvalue weighted by atomic mass is 9.78. The first-order chi connectivity index (χ1) is 7.84. The van der Waals surface area contributed by atoms with Crippen LogP contribution in [0.5, 0.6) is 5.75 Å². The van der Waals surface area contributed by atoms with Crippen LogP contribution in [0.3, 0.4) is 0 Å². The van der Waals surface area contributed by atoms with Crippen LogP contribution in [0.4, 0.5) is 12.9 Å². The van der Waals surface area contributed by atoms with E-state index in [1.54, 1.807) is 0 Å². The molecule has 0 atom stereocenters. The van der Waals surface area contributed by atoms with Gasteiger partial charge < -0.3 is 22.5 Å². The van der Waals surface area contributed by atoms with Crippen LogP contribution in [-0.4, -0.2) is 19.9 Å². The molecular formula is C11H13BF3O2-. The Labute approximate surface area is 97.8 Å². The van der Waals surface area contributed by atoms with Crippen molar-refractivity contribution in [1.82, 2.24) is 0 Å². The molecule has 1 aromatic rings. The second-order valence-electron chi connectivity index (χ2n) is 3.85. The molecule has 2 nitrogen and oxygen atoms in total. The van der Waals surface area contributed by atoms with Crippen LogP contribution in [0.2, 0.25) is 0 Å². The number of hydrogen-bond acceptors (Lipinski definition) is 2. The van der Waals surface area contributed by atoms with Crippen molar-refractivity contribution in [3.8, 4) is 5.75 Å². The highest BCUT2D eigenvalue weighted by Crippen LogP contribution is 2.19. The molecule has 6 heteroatoms. The Balaban J connectivity index is 2.96. The van der Waals surface area contributed by atoms with Gasteiger partial charge in [0.1, 0.15) is 5.78 Å². The van der Waals surface area contributed by atoms with Gasteiger partial charge in [-0.25, -0.2) is 0 Å². The molecule has 0 spiro atoms. The van der Waals surface area contributed by atoms with Crippen LogP contribution in [0.1, 0.15) is 18.9 Å². The van der Waals surface area contributed by atoms with Crippen LogP contribution < -0.4 is 10.2 Å². The SMILES string of the molecule is COc1cc(CCC(C)=O)ccc1[B-](F)(F)F. The second kappa shape index (κ2) is 5.25. The fourth-order valence-corrected chi connectivity index (χ4v) is 1.50. The van der Waals surface area contributed by atoms with Gasteiger partial charge in [-0.2, -0.15) is 0 Å². The standard InChI is InChI=1S/C11H13BF3O2/c1-8(16)3-4-9-5-6-10(12(13,14)15)11(7-9)17-2/h5-7H,3-4H2,1-2H3/q-1. The van der Waals surface area contributed by atoms with E-state index in [1.165, 1.54) is 26.2 Å². The molecule has 0 aliphatic heterocycles. The Morgan fingerprint density at radius 3 is 2.47 bits per heavy atom. The number of Topliss-reactive ketones (excluding diaryl/α,β-unsaturated/α-hetero) is 1. The fraction of sp³-hybridized carbons (Fsp3) is 0.364. The number of rotatable bonds is 5. The molecule has 0 radical (unpaired) electrons. The topological polar surface area (TPSA) is 26.3 Å². The zero-order valence-corrected chi connectivity index (χ0v) is 9.67. The van der Waals surface area contributed by atoms with Crippen molar-refractivity contribution in [2.75, 3.05) is 7.11 Å². The third kappa shape index (κ3) is 3.80. The van der Waals surface area contributed by atoms with Gasteiger partial charge in [0.15, 0.2) is 0 Å². The number of carbonyl (C=O) groups excluding carboxylic acids is 1. The van der Waals surface area contributed by atoms with Gasteiger partial charge >= 0.3 is 6.98 Å². The van der Waals surface area contributed by atoms with Crippen LogP contribution in [0.25, 0.3) is 0 Å². The lowest BCUT2D eigenvalue weighted by Gasteiger charge is -2.19. The largest absolute Gasteiger partial charge is 0.513 e. The average Bonchev–Trinajstić information content (AvgIpc) is 2.24. The molecule has 0 aliphatic carbocycles. The number of benzene rings is 1. The molecule has 0 saturated heterocycles. The summed E-state index contributed by atoms with van der Waals surface area (Å²) in [6.45, 7) is -3.62. The summed E-state index contributed by atoms with van der Waals surface area (Å²) < 4.78 is 42.6. The van der Waals surface area contributed by atoms with E-state index in [0.717, 1.165) is 6.07 Å². The van der Waals surface area contributed by atoms with Gasteiger partial charge in [-0.1, -0.05) is 17.6 Å². The summed E-state index contributed by atoms with van der Waals surface area (Å²) in [6, 6.07) is 3.73. The summed E-state index contributed by atoms with van der Waals surface area (Å²) in [5.74, 6) is -0.174. The molecule has 17 heavy (non-hydrogen) atoms. The minimum Gasteiger partial charge on any atom is -0.500 e. The Hall–Kier alpha value is -1.46. The number of ether oxygens (including phenoxy) is 1. The lowest BCUT2D eigenvalue weighted by Crippen LogP contribution is -2.35. The third-order valence-corrected chi connectivity index (χ3v) is 2.42. The highest BCUT2D eigenvalue weighted by molar-refractivity contribution is 6.74. The summed E-state index contributed by atoms with van der Waals surface area (Å²) >= 11 is 0. The minimum absolute atomic E-state index is 0.00748. The Morgan fingerprint density at radius 2 is 2.00 bits per heavy atom. The Morgan fingerprint density at radius 1 is 1.35 bits per heavy atom. The molecule has 0 saturated carbocycles. The molecule has 1 rings (SSSR count). The average molecular weight is 245 g/mol. The zero-order valence-electron chi connectivity index (χ0n) is 9.67. The summed E-state index contributed by atoms with van der Waals surface area (Å²) in [7, 11) is 1.20. The van der Waals surface area contributed by atoms with E-state index in [1.807, 2.05) is 0 Å². The molecule has 0 unspecified atom stereocenters. The van der Waals surface area contributed by atoms with E-state index in [9.17, 15) is 17.7 Å². The third-order valence-electron chi connectivity index (χ3n) is 2.42. The van der Waals surface area contributed by atoms with Crippen molar-refractivity contribution >= 4 is 18.2 Å². The van der Waals surface area contributed by atoms with Crippen LogP contribution in [0.15, 0.2) is 18.2 Å². The predicted octanol–water partition coefficient (Wildman–Crippen LogP) is 2.27. The van der Waals surface area contributed by atoms with Crippen LogP contribution in [0, 0.1) is 0 Å². The number of carbonyl (C=O) groups is 1. The molecule has 0 aliphatic rings. The summed E-state index contributed by atoms with van der Waals surface area (Å²) in [6.07, 6.45) is 0.747. The van der Waals surface area contributed by atoms with Gasteiger partial charge in [0.05, 0.1) is 12.9 Å². The maximum Gasteiger partial charge on any atom is 0.513 e. The van der Waals surface area contributed by atoms with Gasteiger partial charge in [0, 0.05) is 6.42 Å². The monoisotopic (exact) mass is 245 g/mol. The van der Waals surface area contributed by atoms with Gasteiger partial charge in [0.25, 0.3) is 0 Å². The van der Waals surface area contributed by atoms with Crippen molar-refractivity contribution in [3.63, 3.8) is 0 Å². The number of ketones is 1. The Bertz CT molecular complexity index is 416. The molecule has 1 aromatic carbocycles. The highest BCUT2D eigenvalue weighted by atomic mass is 19.4. The molecular weight excluding hydrogens is 232 g/mol. The number of methoxy groups -OCH3 is 1. The molecule has 0 fully saturated rings. The van der Waals surface area contributed by atoms with E-state index < -0.39 is 12.4 Å². The maximum atomic E-state index is 12.6. The lowest BCUT2D eigenvalue weighted by molar-refractivity contribution is -0.116. The fourth-order valence-electron chi connectivity index (χ4n) is 1.50. The number of halogens is 3. The number of aryl methyl sites for hydroxylation is 1. The van der Waals surface area contributed by atoms with Crippen molar-refractivity contribution in [2.24, 2.45) is 0 Å². The second-order valence-corrected chi connectivity index (χ2v) is 3.85. The number of hydrogen-bond donors (Lipinski definition) is 0. The Kier molecular flexibility index (Phi) is 4.20. The molecule has 0 amide bonds. The summed E-state index contributed by atoms with van der Waals surface area (Å²) in [5.41, 5.74) is -0.0695. The summed E-state index contributed by atoms with van der Waals surface area (Å²) in [5, 5.41) is 0. The van der Waals surface area contributed by atoms with Gasteiger partial charge in [-0.15, -0.1) is 0 Å². The zero-order chi connectivity index (χ0) is 13.1. The smallest absolute Gasteiger partial charge is 0.500 e. The van der Waals surface area contributed by atoms with Crippen molar-refractivity contribution < 1.29 is 22.5 Å². The van der Waals surface area contributed by atoms with Crippen molar-refractivity contribution in [2.45, 2.75) is 19.8 Å². The van der Waals surface area contributed by atoms with Crippen molar-refractivity contribution in [1.29, 1.82) is 0 Å². The minimum atomic E-state index is -5.07. The van der Waals surface area contributed by atoms with Crippen LogP contribution >= 0.6 is 0 Å². The predicted molar refractivity (Wildman–Crippen MR) is 60.7 cm³/mol. The molecule has 94 valence electrons. The van der Waals surface area contributed by atoms with E-state index in [4.69, 9.17) is 4.74 Å². The first-order valence-electron chi connectivity index (χ1n) is 5.20. The summed E-state index contributed by atoms with van der Waals surface area (Å²) in [4.78, 5) is 10.8. The molecule has 0 heterocycles. The van der Waals surface area contributed by atoms with Gasteiger partial charge in [-0.3, -0.25) is 0 Å². The first-order valence-corrected chi connectivity index (χ1v) is 5.20. The van der Waals surface area contributed by atoms with Gasteiger partial charge in [-0.05, 0) is 25.0 Å². The quantitative estimate of drug-likeness (QED) is 0.744. The van der Waals surface area contributed by atoms with E-state index in [0.29, 0.717) is 18.4 Å². The molecule has 0 N–H and O–H groups in total. The molecule has 0 bridgehead atoms. The maximum absolute atomic E-state index is 12.6. The first kappa shape index (κ1) is 13.6. The molecule has 0 aromatic heterocycles. The van der Waals surface area contributed by atoms with E-state index in [2.05, 4.69) is 0 Å². The van der Waals surface area contributed by atoms with E-state index >= 15 is 0 Å². The normalized spacial score (nSPS) is 11.4. The van der Waals surface area contributed by atoms with Crippen molar-refractivity contribution in [3.05, 3.63) is 23.8 Å². The van der Waals surface area contributed by atoms with Crippen LogP contribution in [-0.2, 0) is 11.2 Å².